The van der Waals surface area contributed by atoms with Crippen molar-refractivity contribution in [2.75, 3.05) is 20.8 Å². The molecule has 0 saturated heterocycles. The molecule has 0 aliphatic carbocycles. The van der Waals surface area contributed by atoms with Gasteiger partial charge in [0.1, 0.15) is 0 Å². The average molecular weight is 372 g/mol. The van der Waals surface area contributed by atoms with Crippen LogP contribution in [-0.4, -0.2) is 51.6 Å². The van der Waals surface area contributed by atoms with Crippen molar-refractivity contribution in [2.45, 2.75) is 37.6 Å². The van der Waals surface area contributed by atoms with E-state index in [1.54, 1.807) is 0 Å². The highest BCUT2D eigenvalue weighted by Gasteiger charge is 2.22. The maximum absolute atomic E-state index is 12.2. The van der Waals surface area contributed by atoms with Crippen LogP contribution in [0, 0.1) is 0 Å². The van der Waals surface area contributed by atoms with Crippen LogP contribution in [0.1, 0.15) is 37.0 Å². The Balaban J connectivity index is 2.74. The van der Waals surface area contributed by atoms with Crippen LogP contribution in [0.15, 0.2) is 29.2 Å². The highest BCUT2D eigenvalue weighted by Crippen LogP contribution is 2.16. The first-order chi connectivity index (χ1) is 11.7. The van der Waals surface area contributed by atoms with Crippen molar-refractivity contribution >= 4 is 21.9 Å². The number of amides is 1. The van der Waals surface area contributed by atoms with E-state index >= 15 is 0 Å². The smallest absolute Gasteiger partial charge is 0.338 e. The van der Waals surface area contributed by atoms with Crippen LogP contribution < -0.4 is 5.32 Å². The molecular formula is C16H24N2O6S. The minimum atomic E-state index is -3.87. The van der Waals surface area contributed by atoms with Gasteiger partial charge in [-0.15, -0.1) is 0 Å². The number of hydrogen-bond donors (Lipinski definition) is 1. The van der Waals surface area contributed by atoms with Crippen LogP contribution in [-0.2, 0) is 24.4 Å². The second-order valence-corrected chi connectivity index (χ2v) is 7.39. The molecule has 0 radical (unpaired) electrons. The first kappa shape index (κ1) is 21.1. The summed E-state index contributed by atoms with van der Waals surface area (Å²) < 4.78 is 30.0. The largest absolute Gasteiger partial charge is 0.452 e. The van der Waals surface area contributed by atoms with Gasteiger partial charge in [-0.25, -0.2) is 13.2 Å². The topological polar surface area (TPSA) is 102 Å². The molecule has 1 aromatic carbocycles. The van der Waals surface area contributed by atoms with Gasteiger partial charge in [0.05, 0.1) is 17.6 Å². The second kappa shape index (κ2) is 9.50. The molecule has 0 aliphatic heterocycles. The maximum atomic E-state index is 12.2. The molecule has 0 heterocycles. The van der Waals surface area contributed by atoms with Crippen molar-refractivity contribution in [3.63, 3.8) is 0 Å². The Bertz CT molecular complexity index is 704. The van der Waals surface area contributed by atoms with Gasteiger partial charge in [0, 0.05) is 13.1 Å². The minimum absolute atomic E-state index is 0.00532. The minimum Gasteiger partial charge on any atom is -0.452 e. The Kier molecular flexibility index (Phi) is 8.01. The Morgan fingerprint density at radius 2 is 2.00 bits per heavy atom. The van der Waals surface area contributed by atoms with E-state index in [2.05, 4.69) is 10.2 Å². The molecule has 25 heavy (non-hydrogen) atoms. The van der Waals surface area contributed by atoms with Gasteiger partial charge in [-0.05, 0) is 31.5 Å². The fraction of sp³-hybridized carbons (Fsp3) is 0.500. The number of ether oxygens (including phenoxy) is 1. The third-order valence-corrected chi connectivity index (χ3v) is 5.10. The van der Waals surface area contributed by atoms with Crippen molar-refractivity contribution in [3.05, 3.63) is 29.8 Å². The van der Waals surface area contributed by atoms with Crippen molar-refractivity contribution in [3.8, 4) is 0 Å². The molecule has 0 unspecified atom stereocenters. The van der Waals surface area contributed by atoms with E-state index in [-0.39, 0.29) is 16.5 Å². The molecule has 1 aromatic rings. The number of esters is 1. The van der Waals surface area contributed by atoms with Crippen molar-refractivity contribution in [1.82, 2.24) is 9.79 Å². The van der Waals surface area contributed by atoms with Gasteiger partial charge >= 0.3 is 5.97 Å². The predicted molar refractivity (Wildman–Crippen MR) is 91.2 cm³/mol. The normalized spacial score (nSPS) is 12.7. The van der Waals surface area contributed by atoms with Crippen molar-refractivity contribution in [2.24, 2.45) is 0 Å². The molecule has 0 bridgehead atoms. The first-order valence-corrected chi connectivity index (χ1v) is 9.26. The summed E-state index contributed by atoms with van der Waals surface area (Å²) in [5.41, 5.74) is 0.0278. The lowest BCUT2D eigenvalue weighted by molar-refractivity contribution is -0.124. The fourth-order valence-corrected chi connectivity index (χ4v) is 3.09. The lowest BCUT2D eigenvalue weighted by Crippen LogP contribution is -2.35. The van der Waals surface area contributed by atoms with E-state index in [9.17, 15) is 18.0 Å². The zero-order valence-electron chi connectivity index (χ0n) is 14.8. The molecular weight excluding hydrogens is 348 g/mol. The van der Waals surface area contributed by atoms with Crippen LogP contribution in [0.3, 0.4) is 0 Å². The number of rotatable bonds is 9. The van der Waals surface area contributed by atoms with E-state index in [0.717, 1.165) is 12.8 Å². The number of benzene rings is 1. The van der Waals surface area contributed by atoms with Crippen LogP contribution in [0.2, 0.25) is 0 Å². The monoisotopic (exact) mass is 372 g/mol. The first-order valence-electron chi connectivity index (χ1n) is 7.82. The third kappa shape index (κ3) is 6.11. The molecule has 1 rings (SSSR count). The summed E-state index contributed by atoms with van der Waals surface area (Å²) in [5.74, 6) is -1.19. The number of hydrogen-bond acceptors (Lipinski definition) is 6. The van der Waals surface area contributed by atoms with Crippen molar-refractivity contribution in [1.29, 1.82) is 0 Å². The summed E-state index contributed by atoms with van der Waals surface area (Å²) in [6.07, 6.45) is 1.75. The molecule has 0 spiro atoms. The molecule has 1 N–H and O–H groups in total. The van der Waals surface area contributed by atoms with E-state index in [0.29, 0.717) is 4.47 Å². The Labute approximate surface area is 148 Å². The molecule has 1 amide bonds. The Hall–Kier alpha value is -1.97. The molecule has 8 nitrogen and oxygen atoms in total. The summed E-state index contributed by atoms with van der Waals surface area (Å²) in [7, 11) is -1.42. The fourth-order valence-electron chi connectivity index (χ4n) is 2.07. The summed E-state index contributed by atoms with van der Waals surface area (Å²) in [4.78, 5) is 28.3. The van der Waals surface area contributed by atoms with Gasteiger partial charge in [-0.2, -0.15) is 0 Å². The zero-order valence-corrected chi connectivity index (χ0v) is 15.6. The number of hydroxylamine groups is 1. The quantitative estimate of drug-likeness (QED) is 0.518. The second-order valence-electron chi connectivity index (χ2n) is 5.46. The highest BCUT2D eigenvalue weighted by atomic mass is 32.2. The SMILES string of the molecule is CCC[C@@H](C)NC(=O)COC(=O)c1cccc(S(=O)(=O)N(C)OC)c1. The highest BCUT2D eigenvalue weighted by molar-refractivity contribution is 7.89. The number of nitrogens with one attached hydrogen (secondary N) is 1. The summed E-state index contributed by atoms with van der Waals surface area (Å²) in [6, 6.07) is 5.32. The molecule has 1 atom stereocenters. The van der Waals surface area contributed by atoms with Gasteiger partial charge in [0.2, 0.25) is 0 Å². The zero-order chi connectivity index (χ0) is 19.0. The van der Waals surface area contributed by atoms with E-state index in [1.165, 1.54) is 38.4 Å². The molecule has 0 saturated carbocycles. The average Bonchev–Trinajstić information content (AvgIpc) is 2.59. The van der Waals surface area contributed by atoms with Gasteiger partial charge in [0.25, 0.3) is 15.9 Å². The predicted octanol–water partition coefficient (Wildman–Crippen LogP) is 1.33. The molecule has 0 aromatic heterocycles. The Morgan fingerprint density at radius 1 is 1.32 bits per heavy atom. The van der Waals surface area contributed by atoms with Gasteiger partial charge in [-0.3, -0.25) is 9.63 Å². The van der Waals surface area contributed by atoms with Gasteiger partial charge in [-0.1, -0.05) is 23.9 Å². The molecule has 0 fully saturated rings. The lowest BCUT2D eigenvalue weighted by atomic mass is 10.2. The standard InChI is InChI=1S/C16H24N2O6S/c1-5-7-12(2)17-15(19)11-24-16(20)13-8-6-9-14(10-13)25(21,22)18(3)23-4/h6,8-10,12H,5,7,11H2,1-4H3,(H,17,19)/t12-/m1/s1. The molecule has 9 heteroatoms. The van der Waals surface area contributed by atoms with E-state index in [4.69, 9.17) is 4.74 Å². The Morgan fingerprint density at radius 3 is 2.60 bits per heavy atom. The van der Waals surface area contributed by atoms with Crippen molar-refractivity contribution < 1.29 is 27.6 Å². The van der Waals surface area contributed by atoms with Crippen LogP contribution in [0.4, 0.5) is 0 Å². The summed E-state index contributed by atoms with van der Waals surface area (Å²) in [5, 5.41) is 2.71. The van der Waals surface area contributed by atoms with Crippen LogP contribution in [0.25, 0.3) is 0 Å². The van der Waals surface area contributed by atoms with Crippen LogP contribution in [0.5, 0.6) is 0 Å². The van der Waals surface area contributed by atoms with Crippen LogP contribution >= 0.6 is 0 Å². The van der Waals surface area contributed by atoms with E-state index in [1.807, 2.05) is 13.8 Å². The van der Waals surface area contributed by atoms with Gasteiger partial charge in [0.15, 0.2) is 6.61 Å². The van der Waals surface area contributed by atoms with E-state index < -0.39 is 28.5 Å². The lowest BCUT2D eigenvalue weighted by Gasteiger charge is -2.15. The summed E-state index contributed by atoms with van der Waals surface area (Å²) in [6.45, 7) is 3.44. The maximum Gasteiger partial charge on any atom is 0.338 e. The number of sulfonamides is 1. The number of nitrogens with zero attached hydrogens (tertiary/aromatic N) is 1. The number of carbonyl (C=O) groups excluding carboxylic acids is 2. The molecule has 0 aliphatic rings. The summed E-state index contributed by atoms with van der Waals surface area (Å²) >= 11 is 0. The van der Waals surface area contributed by atoms with Gasteiger partial charge < -0.3 is 10.1 Å². The number of carbonyl (C=O) groups is 2. The molecule has 140 valence electrons. The third-order valence-electron chi connectivity index (χ3n) is 3.43.